The number of hydrogen-bond donors (Lipinski definition) is 0. The average molecular weight is 612 g/mol. The van der Waals surface area contributed by atoms with Crippen molar-refractivity contribution >= 4 is 82.1 Å². The molecular formula is C46H29NO. The molecular weight excluding hydrogens is 583 g/mol. The van der Waals surface area contributed by atoms with Gasteiger partial charge in [-0.3, -0.25) is 0 Å². The third kappa shape index (κ3) is 3.93. The van der Waals surface area contributed by atoms with Crippen molar-refractivity contribution in [3.63, 3.8) is 0 Å². The monoisotopic (exact) mass is 611 g/mol. The summed E-state index contributed by atoms with van der Waals surface area (Å²) < 4.78 is 7.25. The maximum absolute atomic E-state index is 7.25. The molecule has 0 atom stereocenters. The molecule has 0 aliphatic carbocycles. The number of benzene rings is 9. The van der Waals surface area contributed by atoms with Gasteiger partial charge in [-0.1, -0.05) is 152 Å². The maximum atomic E-state index is 7.25. The van der Waals surface area contributed by atoms with Crippen molar-refractivity contribution in [1.29, 1.82) is 0 Å². The standard InChI is InChI=1S/C46H29NO/c1-3-15-30(16-4-1)34-27-28-41-43-39-25-13-10-22-36(39)37-23-11-14-26-40(37)45(43)48-46(41)44(34)47(32-18-5-2-6-19-32)42-29-31-17-7-8-20-33(31)35-21-9-12-24-38(35)42/h1-29H. The van der Waals surface area contributed by atoms with E-state index in [9.17, 15) is 0 Å². The minimum Gasteiger partial charge on any atom is -0.453 e. The molecule has 0 aliphatic rings. The summed E-state index contributed by atoms with van der Waals surface area (Å²) in [5.41, 5.74) is 7.23. The fourth-order valence-electron chi connectivity index (χ4n) is 7.71. The summed E-state index contributed by atoms with van der Waals surface area (Å²) in [6.07, 6.45) is 0. The highest BCUT2D eigenvalue weighted by atomic mass is 16.3. The van der Waals surface area contributed by atoms with Crippen LogP contribution < -0.4 is 4.90 Å². The third-order valence-corrected chi connectivity index (χ3v) is 9.80. The van der Waals surface area contributed by atoms with E-state index in [2.05, 4.69) is 181 Å². The normalized spacial score (nSPS) is 11.8. The summed E-state index contributed by atoms with van der Waals surface area (Å²) in [5.74, 6) is 0. The van der Waals surface area contributed by atoms with Gasteiger partial charge in [0.05, 0.1) is 11.4 Å². The molecule has 0 N–H and O–H groups in total. The van der Waals surface area contributed by atoms with Gasteiger partial charge in [0, 0.05) is 32.8 Å². The molecule has 2 heteroatoms. The van der Waals surface area contributed by atoms with Crippen molar-refractivity contribution in [2.45, 2.75) is 0 Å². The lowest BCUT2D eigenvalue weighted by Gasteiger charge is -2.29. The third-order valence-electron chi connectivity index (χ3n) is 9.80. The number of furan rings is 1. The van der Waals surface area contributed by atoms with Gasteiger partial charge in [0.15, 0.2) is 5.58 Å². The van der Waals surface area contributed by atoms with Gasteiger partial charge in [-0.25, -0.2) is 0 Å². The van der Waals surface area contributed by atoms with E-state index in [0.717, 1.165) is 55.5 Å². The molecule has 224 valence electrons. The lowest BCUT2D eigenvalue weighted by atomic mass is 9.94. The van der Waals surface area contributed by atoms with Crippen LogP contribution in [0.4, 0.5) is 17.1 Å². The number of nitrogens with zero attached hydrogens (tertiary/aromatic N) is 1. The van der Waals surface area contributed by atoms with Crippen molar-refractivity contribution in [2.24, 2.45) is 0 Å². The van der Waals surface area contributed by atoms with Gasteiger partial charge >= 0.3 is 0 Å². The topological polar surface area (TPSA) is 16.4 Å². The van der Waals surface area contributed by atoms with Crippen LogP contribution in [0.1, 0.15) is 0 Å². The molecule has 1 heterocycles. The van der Waals surface area contributed by atoms with E-state index in [-0.39, 0.29) is 0 Å². The van der Waals surface area contributed by atoms with Crippen LogP contribution in [0.25, 0.3) is 76.2 Å². The summed E-state index contributed by atoms with van der Waals surface area (Å²) in [5, 5.41) is 11.9. The van der Waals surface area contributed by atoms with E-state index in [1.165, 1.54) is 37.7 Å². The number of anilines is 3. The summed E-state index contributed by atoms with van der Waals surface area (Å²) in [6, 6.07) is 63.1. The van der Waals surface area contributed by atoms with Crippen LogP contribution in [0.2, 0.25) is 0 Å². The van der Waals surface area contributed by atoms with Gasteiger partial charge in [-0.05, 0) is 62.1 Å². The SMILES string of the molecule is c1ccc(-c2ccc3c(oc4c5ccccc5c5ccccc5c34)c2N(c2ccccc2)c2cc3ccccc3c3ccccc23)cc1. The van der Waals surface area contributed by atoms with E-state index in [0.29, 0.717) is 0 Å². The zero-order chi connectivity index (χ0) is 31.6. The van der Waals surface area contributed by atoms with E-state index in [1.54, 1.807) is 0 Å². The van der Waals surface area contributed by atoms with Crippen LogP contribution in [0.15, 0.2) is 180 Å². The number of fused-ring (bicyclic) bond motifs is 11. The molecule has 9 aromatic carbocycles. The Morgan fingerprint density at radius 3 is 1.65 bits per heavy atom. The van der Waals surface area contributed by atoms with E-state index < -0.39 is 0 Å². The molecule has 0 saturated carbocycles. The second kappa shape index (κ2) is 10.6. The van der Waals surface area contributed by atoms with Crippen molar-refractivity contribution in [3.05, 3.63) is 176 Å². The minimum atomic E-state index is 0.869. The highest BCUT2D eigenvalue weighted by molar-refractivity contribution is 6.31. The minimum absolute atomic E-state index is 0.869. The first-order valence-electron chi connectivity index (χ1n) is 16.4. The molecule has 1 aromatic heterocycles. The van der Waals surface area contributed by atoms with Gasteiger partial charge in [-0.2, -0.15) is 0 Å². The fraction of sp³-hybridized carbons (Fsp3) is 0. The molecule has 48 heavy (non-hydrogen) atoms. The first kappa shape index (κ1) is 26.8. The lowest BCUT2D eigenvalue weighted by molar-refractivity contribution is 0.673. The Hall–Kier alpha value is -6.38. The Balaban J connectivity index is 1.43. The van der Waals surface area contributed by atoms with Crippen molar-refractivity contribution in [1.82, 2.24) is 0 Å². The number of para-hydroxylation sites is 1. The van der Waals surface area contributed by atoms with Gasteiger partial charge in [0.2, 0.25) is 0 Å². The molecule has 0 spiro atoms. The van der Waals surface area contributed by atoms with Crippen LogP contribution in [0.5, 0.6) is 0 Å². The predicted octanol–water partition coefficient (Wildman–Crippen LogP) is 13.3. The van der Waals surface area contributed by atoms with Crippen LogP contribution >= 0.6 is 0 Å². The smallest absolute Gasteiger partial charge is 0.160 e. The van der Waals surface area contributed by atoms with Gasteiger partial charge in [-0.15, -0.1) is 0 Å². The van der Waals surface area contributed by atoms with Crippen molar-refractivity contribution < 1.29 is 4.42 Å². The number of rotatable bonds is 4. The van der Waals surface area contributed by atoms with Crippen molar-refractivity contribution in [2.75, 3.05) is 4.90 Å². The largest absolute Gasteiger partial charge is 0.453 e. The molecule has 0 radical (unpaired) electrons. The second-order valence-corrected chi connectivity index (χ2v) is 12.4. The van der Waals surface area contributed by atoms with Crippen LogP contribution in [0, 0.1) is 0 Å². The Bertz CT molecular complexity index is 2830. The van der Waals surface area contributed by atoms with Gasteiger partial charge < -0.3 is 9.32 Å². The molecule has 0 amide bonds. The molecule has 0 bridgehead atoms. The van der Waals surface area contributed by atoms with E-state index in [1.807, 2.05) is 0 Å². The van der Waals surface area contributed by atoms with Crippen LogP contribution in [-0.4, -0.2) is 0 Å². The zero-order valence-corrected chi connectivity index (χ0v) is 26.1. The molecule has 10 rings (SSSR count). The fourth-order valence-corrected chi connectivity index (χ4v) is 7.71. The first-order valence-corrected chi connectivity index (χ1v) is 16.4. The van der Waals surface area contributed by atoms with Gasteiger partial charge in [0.25, 0.3) is 0 Å². The first-order chi connectivity index (χ1) is 23.8. The Morgan fingerprint density at radius 1 is 0.375 bits per heavy atom. The summed E-state index contributed by atoms with van der Waals surface area (Å²) in [4.78, 5) is 2.42. The summed E-state index contributed by atoms with van der Waals surface area (Å²) in [6.45, 7) is 0. The second-order valence-electron chi connectivity index (χ2n) is 12.4. The van der Waals surface area contributed by atoms with Crippen LogP contribution in [0.3, 0.4) is 0 Å². The molecule has 10 aromatic rings. The Morgan fingerprint density at radius 2 is 0.917 bits per heavy atom. The molecule has 0 fully saturated rings. The van der Waals surface area contributed by atoms with Crippen molar-refractivity contribution in [3.8, 4) is 11.1 Å². The summed E-state index contributed by atoms with van der Waals surface area (Å²) in [7, 11) is 0. The highest BCUT2D eigenvalue weighted by Gasteiger charge is 2.27. The summed E-state index contributed by atoms with van der Waals surface area (Å²) >= 11 is 0. The highest BCUT2D eigenvalue weighted by Crippen LogP contribution is 2.51. The average Bonchev–Trinajstić information content (AvgIpc) is 3.56. The van der Waals surface area contributed by atoms with Gasteiger partial charge in [0.1, 0.15) is 5.58 Å². The Labute approximate surface area is 277 Å². The maximum Gasteiger partial charge on any atom is 0.160 e. The van der Waals surface area contributed by atoms with E-state index >= 15 is 0 Å². The molecule has 0 unspecified atom stereocenters. The molecule has 0 saturated heterocycles. The Kier molecular flexibility index (Phi) is 5.91. The van der Waals surface area contributed by atoms with Crippen LogP contribution in [-0.2, 0) is 0 Å². The zero-order valence-electron chi connectivity index (χ0n) is 26.1. The molecule has 0 aliphatic heterocycles. The quantitative estimate of drug-likeness (QED) is 0.184. The lowest BCUT2D eigenvalue weighted by Crippen LogP contribution is -2.12. The molecule has 2 nitrogen and oxygen atoms in total. The van der Waals surface area contributed by atoms with E-state index in [4.69, 9.17) is 4.42 Å². The number of hydrogen-bond acceptors (Lipinski definition) is 2. The predicted molar refractivity (Wildman–Crippen MR) is 204 cm³/mol.